The molecule has 0 saturated heterocycles. The number of fused-ring (bicyclic) bond motifs is 1. The highest BCUT2D eigenvalue weighted by Gasteiger charge is 2.24. The zero-order chi connectivity index (χ0) is 9.47. The van der Waals surface area contributed by atoms with Crippen LogP contribution in [0.25, 0.3) is 0 Å². The Morgan fingerprint density at radius 3 is 2.69 bits per heavy atom. The average molecular weight is 199 g/mol. The lowest BCUT2D eigenvalue weighted by atomic mass is 10.3. The number of hydrogen-bond acceptors (Lipinski definition) is 4. The fourth-order valence-corrected chi connectivity index (χ4v) is 1.92. The van der Waals surface area contributed by atoms with Crippen molar-refractivity contribution in [2.24, 2.45) is 0 Å². The average Bonchev–Trinajstić information content (AvgIpc) is 2.45. The lowest BCUT2D eigenvalue weighted by Crippen LogP contribution is -2.40. The summed E-state index contributed by atoms with van der Waals surface area (Å²) in [5, 5.41) is 0. The highest BCUT2D eigenvalue weighted by Crippen LogP contribution is 2.29. The van der Waals surface area contributed by atoms with Crippen molar-refractivity contribution in [1.82, 2.24) is 5.53 Å². The number of nitrogens with one attached hydrogen (secondary N) is 2. The van der Waals surface area contributed by atoms with Crippen molar-refractivity contribution in [2.45, 2.75) is 0 Å². The van der Waals surface area contributed by atoms with Gasteiger partial charge in [0, 0.05) is 0 Å². The van der Waals surface area contributed by atoms with E-state index in [4.69, 9.17) is 0 Å². The lowest BCUT2D eigenvalue weighted by Gasteiger charge is -2.13. The first-order valence-electron chi connectivity index (χ1n) is 3.70. The minimum atomic E-state index is -3.26. The first-order valence-corrected chi connectivity index (χ1v) is 5.55. The summed E-state index contributed by atoms with van der Waals surface area (Å²) in [6.07, 6.45) is 1.14. The van der Waals surface area contributed by atoms with Crippen molar-refractivity contribution in [1.29, 1.82) is 0 Å². The number of anilines is 2. The maximum Gasteiger partial charge on any atom is 0.247 e. The lowest BCUT2D eigenvalue weighted by molar-refractivity contribution is 0.592. The second-order valence-electron chi connectivity index (χ2n) is 2.78. The second-order valence-corrected chi connectivity index (χ2v) is 4.61. The maximum atomic E-state index is 11.2. The van der Waals surface area contributed by atoms with Crippen LogP contribution < -0.4 is 15.4 Å². The SMILES string of the molecule is CS(=O)(=O)N1NNc2ccccc21. The van der Waals surface area contributed by atoms with Crippen LogP contribution in [0, 0.1) is 0 Å². The number of benzene rings is 1. The smallest absolute Gasteiger partial charge is 0.247 e. The third kappa shape index (κ3) is 1.34. The van der Waals surface area contributed by atoms with Gasteiger partial charge in [-0.05, 0) is 12.1 Å². The van der Waals surface area contributed by atoms with Crippen LogP contribution in [0.4, 0.5) is 11.4 Å². The predicted molar refractivity (Wildman–Crippen MR) is 50.5 cm³/mol. The molecule has 13 heavy (non-hydrogen) atoms. The van der Waals surface area contributed by atoms with Crippen molar-refractivity contribution in [3.05, 3.63) is 24.3 Å². The molecule has 1 heterocycles. The summed E-state index contributed by atoms with van der Waals surface area (Å²) in [5.74, 6) is 0. The molecule has 70 valence electrons. The van der Waals surface area contributed by atoms with Crippen molar-refractivity contribution < 1.29 is 8.42 Å². The van der Waals surface area contributed by atoms with Gasteiger partial charge in [0.2, 0.25) is 10.0 Å². The van der Waals surface area contributed by atoms with Crippen LogP contribution >= 0.6 is 0 Å². The minimum absolute atomic E-state index is 0.616. The molecule has 6 heteroatoms. The first-order chi connectivity index (χ1) is 6.09. The molecule has 0 unspecified atom stereocenters. The number of para-hydroxylation sites is 2. The van der Waals surface area contributed by atoms with Crippen LogP contribution in [0.1, 0.15) is 0 Å². The van der Waals surface area contributed by atoms with Crippen LogP contribution in [-0.2, 0) is 10.0 Å². The van der Waals surface area contributed by atoms with E-state index in [9.17, 15) is 8.42 Å². The van der Waals surface area contributed by atoms with Gasteiger partial charge in [-0.3, -0.25) is 0 Å². The highest BCUT2D eigenvalue weighted by molar-refractivity contribution is 7.92. The Hall–Kier alpha value is -1.27. The van der Waals surface area contributed by atoms with Gasteiger partial charge in [-0.2, -0.15) is 4.41 Å². The van der Waals surface area contributed by atoms with Gasteiger partial charge >= 0.3 is 0 Å². The third-order valence-electron chi connectivity index (χ3n) is 1.75. The van der Waals surface area contributed by atoms with Crippen LogP contribution in [0.5, 0.6) is 0 Å². The van der Waals surface area contributed by atoms with Crippen LogP contribution in [0.2, 0.25) is 0 Å². The van der Waals surface area contributed by atoms with Crippen LogP contribution in [0.3, 0.4) is 0 Å². The van der Waals surface area contributed by atoms with Gasteiger partial charge in [-0.15, -0.1) is 5.53 Å². The molecule has 2 rings (SSSR count). The van der Waals surface area contributed by atoms with Crippen LogP contribution in [-0.4, -0.2) is 14.7 Å². The molecule has 0 amide bonds. The zero-order valence-electron chi connectivity index (χ0n) is 6.98. The Morgan fingerprint density at radius 1 is 1.31 bits per heavy atom. The molecule has 0 aromatic heterocycles. The van der Waals surface area contributed by atoms with Crippen LogP contribution in [0.15, 0.2) is 24.3 Å². The number of sulfonamides is 1. The summed E-state index contributed by atoms with van der Waals surface area (Å²) in [4.78, 5) is 0. The molecule has 0 bridgehead atoms. The van der Waals surface area contributed by atoms with Gasteiger partial charge in [0.1, 0.15) is 0 Å². The number of nitrogens with zero attached hydrogens (tertiary/aromatic N) is 1. The fraction of sp³-hybridized carbons (Fsp3) is 0.143. The third-order valence-corrected chi connectivity index (χ3v) is 2.70. The van der Waals surface area contributed by atoms with E-state index in [1.54, 1.807) is 18.2 Å². The number of hydrazine groups is 2. The molecular weight excluding hydrogens is 190 g/mol. The van der Waals surface area contributed by atoms with E-state index in [1.165, 1.54) is 0 Å². The second kappa shape index (κ2) is 2.61. The standard InChI is InChI=1S/C7H9N3O2S/c1-13(11,12)10-7-5-3-2-4-6(7)8-9-10/h2-5,8-9H,1H3. The molecule has 5 nitrogen and oxygen atoms in total. The highest BCUT2D eigenvalue weighted by atomic mass is 32.2. The molecule has 0 radical (unpaired) electrons. The molecule has 1 aliphatic heterocycles. The molecule has 2 N–H and O–H groups in total. The fourth-order valence-electron chi connectivity index (χ4n) is 1.19. The molecule has 1 aromatic rings. The van der Waals surface area contributed by atoms with Gasteiger partial charge in [0.15, 0.2) is 0 Å². The van der Waals surface area contributed by atoms with E-state index in [-0.39, 0.29) is 0 Å². The zero-order valence-corrected chi connectivity index (χ0v) is 7.80. The van der Waals surface area contributed by atoms with Crippen molar-refractivity contribution in [2.75, 3.05) is 16.1 Å². The van der Waals surface area contributed by atoms with E-state index in [0.717, 1.165) is 16.4 Å². The van der Waals surface area contributed by atoms with Gasteiger partial charge in [0.05, 0.1) is 17.6 Å². The van der Waals surface area contributed by atoms with E-state index < -0.39 is 10.0 Å². The Balaban J connectivity index is 2.51. The Morgan fingerprint density at radius 2 is 2.00 bits per heavy atom. The summed E-state index contributed by atoms with van der Waals surface area (Å²) in [6, 6.07) is 7.14. The molecule has 1 aromatic carbocycles. The molecule has 0 spiro atoms. The Bertz CT molecular complexity index is 429. The van der Waals surface area contributed by atoms with Gasteiger partial charge < -0.3 is 5.43 Å². The summed E-state index contributed by atoms with van der Waals surface area (Å²) >= 11 is 0. The Labute approximate surface area is 76.4 Å². The molecule has 0 aliphatic carbocycles. The Kier molecular flexibility index (Phi) is 1.67. The van der Waals surface area contributed by atoms with Gasteiger partial charge in [-0.25, -0.2) is 8.42 Å². The number of hydrogen-bond donors (Lipinski definition) is 2. The van der Waals surface area contributed by atoms with E-state index in [2.05, 4.69) is 11.0 Å². The van der Waals surface area contributed by atoms with Gasteiger partial charge in [-0.1, -0.05) is 12.1 Å². The topological polar surface area (TPSA) is 61.4 Å². The minimum Gasteiger partial charge on any atom is -0.301 e. The first kappa shape index (κ1) is 8.33. The van der Waals surface area contributed by atoms with E-state index in [0.29, 0.717) is 5.69 Å². The summed E-state index contributed by atoms with van der Waals surface area (Å²) in [7, 11) is -3.26. The monoisotopic (exact) mass is 199 g/mol. The van der Waals surface area contributed by atoms with E-state index >= 15 is 0 Å². The predicted octanol–water partition coefficient (Wildman–Crippen LogP) is 0.298. The maximum absolute atomic E-state index is 11.2. The van der Waals surface area contributed by atoms with Crippen molar-refractivity contribution in [3.8, 4) is 0 Å². The normalized spacial score (nSPS) is 15.3. The molecule has 0 fully saturated rings. The summed E-state index contributed by atoms with van der Waals surface area (Å²) in [5.41, 5.74) is 6.68. The molecule has 1 aliphatic rings. The summed E-state index contributed by atoms with van der Waals surface area (Å²) < 4.78 is 23.5. The summed E-state index contributed by atoms with van der Waals surface area (Å²) in [6.45, 7) is 0. The molecular formula is C7H9N3O2S. The van der Waals surface area contributed by atoms with Crippen molar-refractivity contribution >= 4 is 21.4 Å². The van der Waals surface area contributed by atoms with Crippen molar-refractivity contribution in [3.63, 3.8) is 0 Å². The number of rotatable bonds is 1. The van der Waals surface area contributed by atoms with E-state index in [1.807, 2.05) is 6.07 Å². The van der Waals surface area contributed by atoms with Gasteiger partial charge in [0.25, 0.3) is 0 Å². The largest absolute Gasteiger partial charge is 0.301 e. The molecule has 0 saturated carbocycles. The quantitative estimate of drug-likeness (QED) is 0.682. The molecule has 0 atom stereocenters.